The van der Waals surface area contributed by atoms with E-state index in [-0.39, 0.29) is 23.7 Å². The molecular formula is C26H21N5O3S2. The summed E-state index contributed by atoms with van der Waals surface area (Å²) in [4.78, 5) is 49.4. The van der Waals surface area contributed by atoms with Crippen molar-refractivity contribution >= 4 is 44.9 Å². The van der Waals surface area contributed by atoms with Crippen LogP contribution in [-0.2, 0) is 13.6 Å². The number of ketones is 1. The molecule has 0 unspecified atom stereocenters. The number of Topliss-reactive ketones (excluding diaryl/α,β-unsaturated/α-hetero) is 1. The monoisotopic (exact) mass is 515 g/mol. The van der Waals surface area contributed by atoms with Gasteiger partial charge in [0.05, 0.1) is 12.3 Å². The van der Waals surface area contributed by atoms with Crippen LogP contribution in [0.4, 0.5) is 5.82 Å². The molecular weight excluding hydrogens is 494 g/mol. The van der Waals surface area contributed by atoms with Gasteiger partial charge in [-0.15, -0.1) is 11.3 Å². The fourth-order valence-electron chi connectivity index (χ4n) is 3.86. The van der Waals surface area contributed by atoms with E-state index in [0.29, 0.717) is 5.03 Å². The topological polar surface area (TPSA) is 113 Å². The Morgan fingerprint density at radius 1 is 1.03 bits per heavy atom. The summed E-state index contributed by atoms with van der Waals surface area (Å²) in [5.41, 5.74) is 6.65. The standard InChI is InChI=1S/C26H21N5O3S2/c1-30-25(33)21(22(27)31(26(30)34)13-16-8-4-2-5-9-16)19(32)14-35-23-18-12-20(17-10-6-3-7-11-17)36-24(18)29-15-28-23/h2-12,15H,13-14,27H2,1H3. The molecule has 2 N–H and O–H groups in total. The first-order valence-electron chi connectivity index (χ1n) is 11.0. The maximum Gasteiger partial charge on any atom is 0.332 e. The summed E-state index contributed by atoms with van der Waals surface area (Å²) in [5, 5.41) is 1.48. The second-order valence-electron chi connectivity index (χ2n) is 8.06. The fourth-order valence-corrected chi connectivity index (χ4v) is 5.78. The van der Waals surface area contributed by atoms with Crippen molar-refractivity contribution in [2.24, 2.45) is 7.05 Å². The van der Waals surface area contributed by atoms with Crippen LogP contribution in [0.1, 0.15) is 15.9 Å². The summed E-state index contributed by atoms with van der Waals surface area (Å²) >= 11 is 2.76. The Labute approximate surface area is 214 Å². The van der Waals surface area contributed by atoms with E-state index in [1.54, 1.807) is 11.3 Å². The number of nitrogens with two attached hydrogens (primary N) is 1. The van der Waals surface area contributed by atoms with Gasteiger partial charge in [0, 0.05) is 17.3 Å². The molecule has 36 heavy (non-hydrogen) atoms. The van der Waals surface area contributed by atoms with Crippen molar-refractivity contribution < 1.29 is 4.79 Å². The number of nitrogens with zero attached hydrogens (tertiary/aromatic N) is 4. The van der Waals surface area contributed by atoms with Crippen LogP contribution in [0.15, 0.2) is 87.7 Å². The SMILES string of the molecule is Cn1c(=O)c(C(=O)CSc2ncnc3sc(-c4ccccc4)cc23)c(N)n(Cc2ccccc2)c1=O. The van der Waals surface area contributed by atoms with Crippen LogP contribution in [0.3, 0.4) is 0 Å². The molecule has 0 saturated carbocycles. The van der Waals surface area contributed by atoms with Gasteiger partial charge in [-0.05, 0) is 17.2 Å². The largest absolute Gasteiger partial charge is 0.384 e. The number of benzene rings is 2. The number of thioether (sulfide) groups is 1. The maximum atomic E-state index is 13.2. The van der Waals surface area contributed by atoms with Crippen LogP contribution in [0, 0.1) is 0 Å². The molecule has 5 aromatic rings. The van der Waals surface area contributed by atoms with Crippen LogP contribution < -0.4 is 17.0 Å². The molecule has 8 nitrogen and oxygen atoms in total. The van der Waals surface area contributed by atoms with E-state index >= 15 is 0 Å². The zero-order valence-corrected chi connectivity index (χ0v) is 20.9. The van der Waals surface area contributed by atoms with Crippen LogP contribution in [0.2, 0.25) is 0 Å². The van der Waals surface area contributed by atoms with Gasteiger partial charge in [-0.25, -0.2) is 14.8 Å². The Morgan fingerprint density at radius 2 is 1.72 bits per heavy atom. The van der Waals surface area contributed by atoms with Crippen LogP contribution in [0.5, 0.6) is 0 Å². The molecule has 0 aliphatic carbocycles. The third kappa shape index (κ3) is 4.48. The van der Waals surface area contributed by atoms with Gasteiger partial charge in [0.1, 0.15) is 27.6 Å². The quantitative estimate of drug-likeness (QED) is 0.199. The maximum absolute atomic E-state index is 13.2. The first-order chi connectivity index (χ1) is 17.4. The van der Waals surface area contributed by atoms with Gasteiger partial charge < -0.3 is 5.73 Å². The zero-order chi connectivity index (χ0) is 25.2. The van der Waals surface area contributed by atoms with E-state index in [9.17, 15) is 14.4 Å². The minimum absolute atomic E-state index is 0.0639. The molecule has 10 heteroatoms. The molecule has 0 saturated heterocycles. The minimum Gasteiger partial charge on any atom is -0.384 e. The molecule has 0 fully saturated rings. The smallest absolute Gasteiger partial charge is 0.332 e. The Bertz CT molecular complexity index is 1690. The van der Waals surface area contributed by atoms with Gasteiger partial charge in [-0.1, -0.05) is 72.4 Å². The fraction of sp³-hybridized carbons (Fsp3) is 0.115. The molecule has 3 heterocycles. The van der Waals surface area contributed by atoms with E-state index in [0.717, 1.165) is 30.8 Å². The van der Waals surface area contributed by atoms with Crippen molar-refractivity contribution in [2.75, 3.05) is 11.5 Å². The summed E-state index contributed by atoms with van der Waals surface area (Å²) in [6, 6.07) is 21.2. The average Bonchev–Trinajstić information content (AvgIpc) is 3.35. The number of hydrogen-bond donors (Lipinski definition) is 1. The number of carbonyl (C=O) groups excluding carboxylic acids is 1. The molecule has 180 valence electrons. The lowest BCUT2D eigenvalue weighted by Gasteiger charge is -2.14. The lowest BCUT2D eigenvalue weighted by Crippen LogP contribution is -2.43. The van der Waals surface area contributed by atoms with Gasteiger partial charge in [0.15, 0.2) is 5.78 Å². The molecule has 3 aromatic heterocycles. The van der Waals surface area contributed by atoms with E-state index in [2.05, 4.69) is 9.97 Å². The summed E-state index contributed by atoms with van der Waals surface area (Å²) in [7, 11) is 1.35. The van der Waals surface area contributed by atoms with Gasteiger partial charge in [0.25, 0.3) is 5.56 Å². The normalized spacial score (nSPS) is 11.1. The van der Waals surface area contributed by atoms with Crippen molar-refractivity contribution in [3.63, 3.8) is 0 Å². The highest BCUT2D eigenvalue weighted by molar-refractivity contribution is 8.00. The Balaban J connectivity index is 1.45. The van der Waals surface area contributed by atoms with Gasteiger partial charge in [0.2, 0.25) is 0 Å². The van der Waals surface area contributed by atoms with Gasteiger partial charge >= 0.3 is 5.69 Å². The Hall–Kier alpha value is -4.02. The van der Waals surface area contributed by atoms with Crippen molar-refractivity contribution in [3.05, 3.63) is 105 Å². The van der Waals surface area contributed by atoms with Crippen molar-refractivity contribution in [1.82, 2.24) is 19.1 Å². The third-order valence-electron chi connectivity index (χ3n) is 5.74. The Morgan fingerprint density at radius 3 is 2.44 bits per heavy atom. The summed E-state index contributed by atoms with van der Waals surface area (Å²) in [5.74, 6) is -0.663. The van der Waals surface area contributed by atoms with Crippen molar-refractivity contribution in [3.8, 4) is 10.4 Å². The Kier molecular flexibility index (Phi) is 6.53. The number of aromatic nitrogens is 4. The summed E-state index contributed by atoms with van der Waals surface area (Å²) in [6.45, 7) is 0.150. The molecule has 0 aliphatic heterocycles. The lowest BCUT2D eigenvalue weighted by molar-refractivity contribution is 0.102. The first kappa shape index (κ1) is 23.7. The molecule has 0 spiro atoms. The molecule has 0 bridgehead atoms. The highest BCUT2D eigenvalue weighted by atomic mass is 32.2. The van der Waals surface area contributed by atoms with E-state index in [1.807, 2.05) is 66.7 Å². The predicted octanol–water partition coefficient (Wildman–Crippen LogP) is 3.82. The highest BCUT2D eigenvalue weighted by Gasteiger charge is 2.22. The minimum atomic E-state index is -0.706. The second-order valence-corrected chi connectivity index (χ2v) is 10.1. The van der Waals surface area contributed by atoms with Crippen molar-refractivity contribution in [1.29, 1.82) is 0 Å². The summed E-state index contributed by atoms with van der Waals surface area (Å²) < 4.78 is 2.17. The first-order valence-corrected chi connectivity index (χ1v) is 12.8. The molecule has 2 aromatic carbocycles. The molecule has 0 amide bonds. The van der Waals surface area contributed by atoms with E-state index < -0.39 is 17.0 Å². The van der Waals surface area contributed by atoms with Gasteiger partial charge in [-0.2, -0.15) is 0 Å². The zero-order valence-electron chi connectivity index (χ0n) is 19.2. The number of fused-ring (bicyclic) bond motifs is 1. The number of rotatable bonds is 7. The highest BCUT2D eigenvalue weighted by Crippen LogP contribution is 2.36. The molecule has 5 rings (SSSR count). The second kappa shape index (κ2) is 9.92. The van der Waals surface area contributed by atoms with E-state index in [4.69, 9.17) is 5.73 Å². The number of nitrogen functional groups attached to an aromatic ring is 1. The number of carbonyl (C=O) groups is 1. The summed E-state index contributed by atoms with van der Waals surface area (Å²) in [6.07, 6.45) is 1.47. The van der Waals surface area contributed by atoms with Crippen LogP contribution in [0.25, 0.3) is 20.7 Å². The lowest BCUT2D eigenvalue weighted by atomic mass is 10.2. The molecule has 0 aliphatic rings. The average molecular weight is 516 g/mol. The third-order valence-corrected chi connectivity index (χ3v) is 7.83. The van der Waals surface area contributed by atoms with Gasteiger partial charge in [-0.3, -0.25) is 18.7 Å². The van der Waals surface area contributed by atoms with Crippen molar-refractivity contribution in [2.45, 2.75) is 11.6 Å². The van der Waals surface area contributed by atoms with Crippen LogP contribution >= 0.6 is 23.1 Å². The predicted molar refractivity (Wildman–Crippen MR) is 144 cm³/mol. The number of hydrogen-bond acceptors (Lipinski definition) is 8. The van der Waals surface area contributed by atoms with Crippen LogP contribution in [-0.4, -0.2) is 30.6 Å². The number of anilines is 1. The van der Waals surface area contributed by atoms with E-state index in [1.165, 1.54) is 29.7 Å². The number of thiophene rings is 1. The molecule has 0 atom stereocenters. The molecule has 0 radical (unpaired) electrons.